The van der Waals surface area contributed by atoms with Gasteiger partial charge in [-0.25, -0.2) is 9.37 Å². The van der Waals surface area contributed by atoms with E-state index >= 15 is 0 Å². The predicted octanol–water partition coefficient (Wildman–Crippen LogP) is 4.31. The number of rotatable bonds is 5. The van der Waals surface area contributed by atoms with E-state index in [1.165, 1.54) is 23.2 Å². The van der Waals surface area contributed by atoms with Crippen LogP contribution in [0.15, 0.2) is 42.6 Å². The van der Waals surface area contributed by atoms with E-state index < -0.39 is 17.6 Å². The van der Waals surface area contributed by atoms with Gasteiger partial charge in [0.05, 0.1) is 35.2 Å². The summed E-state index contributed by atoms with van der Waals surface area (Å²) in [5, 5.41) is 4.19. The number of nitrogens with two attached hydrogens (primary N) is 1. The van der Waals surface area contributed by atoms with E-state index in [0.29, 0.717) is 16.8 Å². The molecule has 5 nitrogen and oxygen atoms in total. The largest absolute Gasteiger partial charge is 0.416 e. The third kappa shape index (κ3) is 3.73. The van der Waals surface area contributed by atoms with Crippen molar-refractivity contribution < 1.29 is 17.6 Å². The monoisotopic (exact) mass is 381 g/mol. The van der Waals surface area contributed by atoms with Crippen molar-refractivity contribution in [3.63, 3.8) is 0 Å². The molecule has 0 atom stereocenters. The van der Waals surface area contributed by atoms with Gasteiger partial charge in [-0.15, -0.1) is 0 Å². The highest BCUT2D eigenvalue weighted by molar-refractivity contribution is 5.92. The van der Waals surface area contributed by atoms with Gasteiger partial charge in [0, 0.05) is 24.3 Å². The molecule has 2 heterocycles. The molecule has 27 heavy (non-hydrogen) atoms. The first kappa shape index (κ1) is 19.1. The first-order valence-electron chi connectivity index (χ1n) is 8.37. The van der Waals surface area contributed by atoms with Gasteiger partial charge in [-0.3, -0.25) is 4.68 Å². The number of halogens is 4. The SMILES string of the molecule is CC(C)n1nccc1-c1cc(C(F)(F)F)cc2c1ncn2C/C(F)=C/CN. The fourth-order valence-corrected chi connectivity index (χ4v) is 2.94. The Morgan fingerprint density at radius 2 is 2.04 bits per heavy atom. The summed E-state index contributed by atoms with van der Waals surface area (Å²) in [6.07, 6.45) is -0.517. The first-order chi connectivity index (χ1) is 12.7. The fraction of sp³-hybridized carbons (Fsp3) is 0.333. The van der Waals surface area contributed by atoms with E-state index in [1.54, 1.807) is 10.7 Å². The van der Waals surface area contributed by atoms with Crippen LogP contribution in [0.3, 0.4) is 0 Å². The summed E-state index contributed by atoms with van der Waals surface area (Å²) < 4.78 is 57.2. The van der Waals surface area contributed by atoms with E-state index in [1.807, 2.05) is 13.8 Å². The summed E-state index contributed by atoms with van der Waals surface area (Å²) in [6, 6.07) is 3.63. The molecule has 0 unspecified atom stereocenters. The molecule has 2 N–H and O–H groups in total. The molecule has 2 aromatic heterocycles. The maximum absolute atomic E-state index is 13.9. The Labute approximate surface area is 153 Å². The number of benzene rings is 1. The molecule has 3 aromatic rings. The maximum atomic E-state index is 13.9. The number of imidazole rings is 1. The normalized spacial score (nSPS) is 13.1. The second-order valence-corrected chi connectivity index (χ2v) is 6.40. The molecule has 0 radical (unpaired) electrons. The smallest absolute Gasteiger partial charge is 0.327 e. The quantitative estimate of drug-likeness (QED) is 0.670. The Morgan fingerprint density at radius 1 is 1.30 bits per heavy atom. The first-order valence-corrected chi connectivity index (χ1v) is 8.37. The van der Waals surface area contributed by atoms with Crippen LogP contribution in [0.2, 0.25) is 0 Å². The van der Waals surface area contributed by atoms with Crippen molar-refractivity contribution >= 4 is 11.0 Å². The predicted molar refractivity (Wildman–Crippen MR) is 94.6 cm³/mol. The van der Waals surface area contributed by atoms with Gasteiger partial charge in [0.15, 0.2) is 0 Å². The second-order valence-electron chi connectivity index (χ2n) is 6.40. The van der Waals surface area contributed by atoms with Crippen molar-refractivity contribution in [3.8, 4) is 11.3 Å². The Morgan fingerprint density at radius 3 is 2.67 bits per heavy atom. The highest BCUT2D eigenvalue weighted by Crippen LogP contribution is 2.37. The Balaban J connectivity index is 2.25. The van der Waals surface area contributed by atoms with Gasteiger partial charge in [-0.1, -0.05) is 0 Å². The zero-order valence-corrected chi connectivity index (χ0v) is 14.8. The highest BCUT2D eigenvalue weighted by atomic mass is 19.4. The molecule has 0 aliphatic heterocycles. The van der Waals surface area contributed by atoms with Crippen molar-refractivity contribution in [1.29, 1.82) is 0 Å². The van der Waals surface area contributed by atoms with Gasteiger partial charge in [-0.2, -0.15) is 18.3 Å². The Bertz CT molecular complexity index is 981. The highest BCUT2D eigenvalue weighted by Gasteiger charge is 2.32. The summed E-state index contributed by atoms with van der Waals surface area (Å²) in [7, 11) is 0. The summed E-state index contributed by atoms with van der Waals surface area (Å²) in [5.74, 6) is -0.539. The Kier molecular flexibility index (Phi) is 5.05. The van der Waals surface area contributed by atoms with Gasteiger partial charge in [0.1, 0.15) is 5.83 Å². The number of nitrogens with zero attached hydrogens (tertiary/aromatic N) is 4. The molecule has 0 bridgehead atoms. The van der Waals surface area contributed by atoms with E-state index in [2.05, 4.69) is 10.1 Å². The van der Waals surface area contributed by atoms with Crippen LogP contribution < -0.4 is 5.73 Å². The van der Waals surface area contributed by atoms with Crippen molar-refractivity contribution in [2.75, 3.05) is 6.54 Å². The topological polar surface area (TPSA) is 61.7 Å². The zero-order chi connectivity index (χ0) is 19.8. The summed E-state index contributed by atoms with van der Waals surface area (Å²) in [5.41, 5.74) is 5.82. The van der Waals surface area contributed by atoms with E-state index in [-0.39, 0.29) is 24.6 Å². The lowest BCUT2D eigenvalue weighted by Gasteiger charge is -2.14. The number of fused-ring (bicyclic) bond motifs is 1. The molecule has 0 aliphatic rings. The Hall–Kier alpha value is -2.68. The van der Waals surface area contributed by atoms with E-state index in [0.717, 1.165) is 12.1 Å². The van der Waals surface area contributed by atoms with Crippen LogP contribution in [0.25, 0.3) is 22.3 Å². The van der Waals surface area contributed by atoms with Crippen molar-refractivity contribution in [2.24, 2.45) is 5.73 Å². The van der Waals surface area contributed by atoms with Gasteiger partial charge in [0.25, 0.3) is 0 Å². The molecule has 0 fully saturated rings. The average Bonchev–Trinajstić information content (AvgIpc) is 3.21. The molecular formula is C18H19F4N5. The molecule has 0 saturated heterocycles. The minimum atomic E-state index is -4.55. The lowest BCUT2D eigenvalue weighted by Crippen LogP contribution is -2.08. The lowest BCUT2D eigenvalue weighted by molar-refractivity contribution is -0.137. The number of aromatic nitrogens is 4. The molecule has 9 heteroatoms. The van der Waals surface area contributed by atoms with Gasteiger partial charge >= 0.3 is 6.18 Å². The molecule has 1 aromatic carbocycles. The van der Waals surface area contributed by atoms with Gasteiger partial charge < -0.3 is 10.3 Å². The summed E-state index contributed by atoms with van der Waals surface area (Å²) >= 11 is 0. The lowest BCUT2D eigenvalue weighted by atomic mass is 10.0. The number of hydrogen-bond donors (Lipinski definition) is 1. The average molecular weight is 381 g/mol. The molecule has 0 saturated carbocycles. The number of hydrogen-bond acceptors (Lipinski definition) is 3. The molecule has 0 spiro atoms. The van der Waals surface area contributed by atoms with Crippen molar-refractivity contribution in [1.82, 2.24) is 19.3 Å². The number of allylic oxidation sites excluding steroid dienone is 1. The number of alkyl halides is 3. The summed E-state index contributed by atoms with van der Waals surface area (Å²) in [6.45, 7) is 3.53. The van der Waals surface area contributed by atoms with Crippen molar-refractivity contribution in [2.45, 2.75) is 32.6 Å². The molecule has 3 rings (SSSR count). The van der Waals surface area contributed by atoms with Gasteiger partial charge in [0.2, 0.25) is 0 Å². The van der Waals surface area contributed by atoms with Crippen molar-refractivity contribution in [3.05, 3.63) is 48.2 Å². The van der Waals surface area contributed by atoms with Crippen LogP contribution in [0.1, 0.15) is 25.5 Å². The second kappa shape index (κ2) is 7.15. The van der Waals surface area contributed by atoms with E-state index in [4.69, 9.17) is 5.73 Å². The standard InChI is InChI=1S/C18H19F4N5/c1-11(2)27-15(4-6-25-27)14-7-12(18(20,21)22)8-16-17(14)24-10-26(16)9-13(19)3-5-23/h3-4,6-8,10-11H,5,9,23H2,1-2H3/b13-3-. The zero-order valence-electron chi connectivity index (χ0n) is 14.8. The molecule has 0 aliphatic carbocycles. The van der Waals surface area contributed by atoms with Crippen LogP contribution >= 0.6 is 0 Å². The third-order valence-corrected chi connectivity index (χ3v) is 4.15. The van der Waals surface area contributed by atoms with E-state index in [9.17, 15) is 17.6 Å². The third-order valence-electron chi connectivity index (χ3n) is 4.15. The van der Waals surface area contributed by atoms with Crippen LogP contribution in [0.4, 0.5) is 17.6 Å². The van der Waals surface area contributed by atoms with Crippen LogP contribution in [-0.4, -0.2) is 25.9 Å². The maximum Gasteiger partial charge on any atom is 0.416 e. The minimum Gasteiger partial charge on any atom is -0.327 e. The van der Waals surface area contributed by atoms with Crippen LogP contribution in [0.5, 0.6) is 0 Å². The molecular weight excluding hydrogens is 362 g/mol. The van der Waals surface area contributed by atoms with Gasteiger partial charge in [-0.05, 0) is 38.1 Å². The molecule has 0 amide bonds. The van der Waals surface area contributed by atoms with Crippen LogP contribution in [0, 0.1) is 0 Å². The fourth-order valence-electron chi connectivity index (χ4n) is 2.94. The minimum absolute atomic E-state index is 0.00505. The molecule has 144 valence electrons. The van der Waals surface area contributed by atoms with Crippen LogP contribution in [-0.2, 0) is 12.7 Å². The summed E-state index contributed by atoms with van der Waals surface area (Å²) in [4.78, 5) is 4.24.